The fourth-order valence-corrected chi connectivity index (χ4v) is 4.71. The van der Waals surface area contributed by atoms with Crippen molar-refractivity contribution in [2.45, 2.75) is 42.5 Å². The van der Waals surface area contributed by atoms with Crippen LogP contribution in [0.15, 0.2) is 39.4 Å². The van der Waals surface area contributed by atoms with Crippen molar-refractivity contribution >= 4 is 16.6 Å². The van der Waals surface area contributed by atoms with Crippen LogP contribution in [0.4, 0.5) is 0 Å². The van der Waals surface area contributed by atoms with Crippen molar-refractivity contribution < 1.29 is 9.00 Å². The number of benzene rings is 1. The average molecular weight is 276 g/mol. The maximum Gasteiger partial charge on any atom is 0.222 e. The maximum absolute atomic E-state index is 12.9. The van der Waals surface area contributed by atoms with E-state index < -0.39 is 15.7 Å². The van der Waals surface area contributed by atoms with Gasteiger partial charge in [0.05, 0.1) is 16.8 Å². The minimum atomic E-state index is -1.45. The molecule has 1 saturated carbocycles. The Hall–Kier alpha value is -1.36. The molecule has 4 atom stereocenters. The highest BCUT2D eigenvalue weighted by Gasteiger charge is 2.60. The van der Waals surface area contributed by atoms with Crippen molar-refractivity contribution in [3.8, 4) is 0 Å². The molecule has 0 amide bonds. The third kappa shape index (κ3) is 1.71. The van der Waals surface area contributed by atoms with E-state index >= 15 is 0 Å². The Morgan fingerprint density at radius 2 is 2.00 bits per heavy atom. The minimum Gasteiger partial charge on any atom is -0.296 e. The average Bonchev–Trinajstić information content (AvgIpc) is 2.91. The molecule has 5 heteroatoms. The second kappa shape index (κ2) is 4.34. The van der Waals surface area contributed by atoms with Crippen LogP contribution in [0.2, 0.25) is 0 Å². The van der Waals surface area contributed by atoms with Crippen molar-refractivity contribution in [1.29, 1.82) is 0 Å². The number of rotatable bonds is 2. The molecule has 1 aromatic rings. The summed E-state index contributed by atoms with van der Waals surface area (Å²) < 4.78 is 12.9. The summed E-state index contributed by atoms with van der Waals surface area (Å²) in [6.45, 7) is 3.92. The zero-order valence-corrected chi connectivity index (χ0v) is 11.8. The summed E-state index contributed by atoms with van der Waals surface area (Å²) in [7, 11) is -1.45. The lowest BCUT2D eigenvalue weighted by atomic mass is 9.97. The predicted molar refractivity (Wildman–Crippen MR) is 72.4 cm³/mol. The van der Waals surface area contributed by atoms with Crippen LogP contribution in [0.3, 0.4) is 0 Å². The number of ketones is 1. The van der Waals surface area contributed by atoms with Crippen molar-refractivity contribution in [1.82, 2.24) is 0 Å². The van der Waals surface area contributed by atoms with Gasteiger partial charge in [0.1, 0.15) is 0 Å². The Kier molecular flexibility index (Phi) is 2.89. The molecule has 1 heterocycles. The lowest BCUT2D eigenvalue weighted by Crippen LogP contribution is -2.42. The molecule has 1 aliphatic heterocycles. The molecule has 3 rings (SSSR count). The molecule has 19 heavy (non-hydrogen) atoms. The molecule has 2 aliphatic rings. The monoisotopic (exact) mass is 276 g/mol. The van der Waals surface area contributed by atoms with E-state index in [-0.39, 0.29) is 17.7 Å². The number of hydrogen-bond donors (Lipinski definition) is 0. The minimum absolute atomic E-state index is 0.0119. The van der Waals surface area contributed by atoms with Crippen LogP contribution in [-0.4, -0.2) is 20.9 Å². The lowest BCUT2D eigenvalue weighted by molar-refractivity contribution is -0.119. The number of fused-ring (bicyclic) bond motifs is 1. The third-order valence-electron chi connectivity index (χ3n) is 4.07. The number of nitrogens with zero attached hydrogens (tertiary/aromatic N) is 2. The summed E-state index contributed by atoms with van der Waals surface area (Å²) in [5.41, 5.74) is 1.11. The van der Waals surface area contributed by atoms with Crippen LogP contribution in [0.1, 0.15) is 25.3 Å². The molecule has 0 bridgehead atoms. The zero-order valence-electron chi connectivity index (χ0n) is 11.0. The van der Waals surface area contributed by atoms with Crippen LogP contribution >= 0.6 is 0 Å². The zero-order chi connectivity index (χ0) is 13.6. The molecular weight excluding hydrogens is 260 g/mol. The summed E-state index contributed by atoms with van der Waals surface area (Å²) in [4.78, 5) is 11.8. The van der Waals surface area contributed by atoms with Crippen molar-refractivity contribution in [2.75, 3.05) is 0 Å². The van der Waals surface area contributed by atoms with Gasteiger partial charge in [0.2, 0.25) is 4.87 Å². The second-order valence-electron chi connectivity index (χ2n) is 5.30. The van der Waals surface area contributed by atoms with E-state index in [0.29, 0.717) is 11.3 Å². The summed E-state index contributed by atoms with van der Waals surface area (Å²) in [5.74, 6) is -0.0355. The molecule has 0 aromatic heterocycles. The van der Waals surface area contributed by atoms with E-state index in [9.17, 15) is 9.00 Å². The van der Waals surface area contributed by atoms with Gasteiger partial charge in [-0.3, -0.25) is 9.00 Å². The standard InChI is InChI=1S/C14H16N2O2S/c1-9-3-5-11(6-4-9)19(18)14-12(7-8-13(14)17)10(2)15-16-14/h3-6,10,12H,7-8H2,1-2H3/t10-,12-,14-,19?/m1/s1. The van der Waals surface area contributed by atoms with Crippen molar-refractivity contribution in [3.05, 3.63) is 29.8 Å². The van der Waals surface area contributed by atoms with E-state index in [1.165, 1.54) is 0 Å². The van der Waals surface area contributed by atoms with Gasteiger partial charge >= 0.3 is 0 Å². The van der Waals surface area contributed by atoms with E-state index in [0.717, 1.165) is 12.0 Å². The molecule has 0 spiro atoms. The normalized spacial score (nSPS) is 34.5. The Labute approximate surface area is 114 Å². The summed E-state index contributed by atoms with van der Waals surface area (Å²) in [5, 5.41) is 8.28. The second-order valence-corrected chi connectivity index (χ2v) is 6.93. The lowest BCUT2D eigenvalue weighted by Gasteiger charge is -2.23. The molecule has 0 saturated heterocycles. The Bertz CT molecular complexity index is 582. The topological polar surface area (TPSA) is 58.9 Å². The van der Waals surface area contributed by atoms with E-state index in [2.05, 4.69) is 10.2 Å². The SMILES string of the molecule is Cc1ccc(S(=O)[C@]23N=N[C@H](C)[C@H]2CCC3=O)cc1. The van der Waals surface area contributed by atoms with Crippen molar-refractivity contribution in [3.63, 3.8) is 0 Å². The number of carbonyl (C=O) groups is 1. The summed E-state index contributed by atoms with van der Waals surface area (Å²) >= 11 is 0. The molecule has 4 nitrogen and oxygen atoms in total. The third-order valence-corrected chi connectivity index (χ3v) is 5.95. The van der Waals surface area contributed by atoms with Crippen LogP contribution < -0.4 is 0 Å². The molecule has 0 N–H and O–H groups in total. The molecule has 100 valence electrons. The quantitative estimate of drug-likeness (QED) is 0.833. The van der Waals surface area contributed by atoms with E-state index in [1.807, 2.05) is 38.1 Å². The Morgan fingerprint density at radius 3 is 2.68 bits per heavy atom. The van der Waals surface area contributed by atoms with Gasteiger partial charge < -0.3 is 0 Å². The van der Waals surface area contributed by atoms with Gasteiger partial charge in [-0.2, -0.15) is 10.2 Å². The van der Waals surface area contributed by atoms with Crippen LogP contribution in [0, 0.1) is 12.8 Å². The number of azo groups is 1. The first kappa shape index (κ1) is 12.7. The summed E-state index contributed by atoms with van der Waals surface area (Å²) in [6.07, 6.45) is 1.20. The highest BCUT2D eigenvalue weighted by atomic mass is 32.2. The number of hydrogen-bond acceptors (Lipinski definition) is 4. The number of aryl methyl sites for hydroxylation is 1. The van der Waals surface area contributed by atoms with Crippen molar-refractivity contribution in [2.24, 2.45) is 16.1 Å². The number of Topliss-reactive ketones (excluding diaryl/α,β-unsaturated/α-hetero) is 1. The number of carbonyl (C=O) groups excluding carboxylic acids is 1. The highest BCUT2D eigenvalue weighted by Crippen LogP contribution is 2.47. The van der Waals surface area contributed by atoms with Gasteiger partial charge in [0.15, 0.2) is 5.78 Å². The van der Waals surface area contributed by atoms with Crippen LogP contribution in [-0.2, 0) is 15.6 Å². The first-order chi connectivity index (χ1) is 9.05. The predicted octanol–water partition coefficient (Wildman–Crippen LogP) is 2.63. The molecule has 1 aliphatic carbocycles. The smallest absolute Gasteiger partial charge is 0.222 e. The fraction of sp³-hybridized carbons (Fsp3) is 0.500. The van der Waals surface area contributed by atoms with Gasteiger partial charge in [0, 0.05) is 17.2 Å². The largest absolute Gasteiger partial charge is 0.296 e. The van der Waals surface area contributed by atoms with Gasteiger partial charge in [-0.1, -0.05) is 17.7 Å². The van der Waals surface area contributed by atoms with Gasteiger partial charge in [-0.15, -0.1) is 0 Å². The van der Waals surface area contributed by atoms with E-state index in [1.54, 1.807) is 0 Å². The van der Waals surface area contributed by atoms with Gasteiger partial charge in [0.25, 0.3) is 0 Å². The fourth-order valence-electron chi connectivity index (χ4n) is 2.94. The van der Waals surface area contributed by atoms with Gasteiger partial charge in [-0.25, -0.2) is 0 Å². The molecular formula is C14H16N2O2S. The summed E-state index contributed by atoms with van der Waals surface area (Å²) in [6, 6.07) is 7.45. The molecule has 0 radical (unpaired) electrons. The van der Waals surface area contributed by atoms with Gasteiger partial charge in [-0.05, 0) is 32.4 Å². The maximum atomic E-state index is 12.9. The van der Waals surface area contributed by atoms with Crippen LogP contribution in [0.25, 0.3) is 0 Å². The molecule has 1 aromatic carbocycles. The van der Waals surface area contributed by atoms with Crippen LogP contribution in [0.5, 0.6) is 0 Å². The Morgan fingerprint density at radius 1 is 1.32 bits per heavy atom. The first-order valence-electron chi connectivity index (χ1n) is 6.49. The molecule has 1 unspecified atom stereocenters. The first-order valence-corrected chi connectivity index (χ1v) is 7.64. The van der Waals surface area contributed by atoms with E-state index in [4.69, 9.17) is 0 Å². The molecule has 1 fully saturated rings. The Balaban J connectivity index is 2.04. The highest BCUT2D eigenvalue weighted by molar-refractivity contribution is 7.87.